The molecule has 1 N–H and O–H groups in total. The Bertz CT molecular complexity index is 930. The third kappa shape index (κ3) is 3.67. The summed E-state index contributed by atoms with van der Waals surface area (Å²) in [6.07, 6.45) is 1.33. The van der Waals surface area contributed by atoms with Crippen LogP contribution < -0.4 is 4.74 Å². The van der Waals surface area contributed by atoms with Crippen molar-refractivity contribution >= 4 is 17.7 Å². The summed E-state index contributed by atoms with van der Waals surface area (Å²) in [5.41, 5.74) is 0.401. The Kier molecular flexibility index (Phi) is 5.60. The van der Waals surface area contributed by atoms with Crippen LogP contribution in [0.25, 0.3) is 0 Å². The normalized spacial score (nSPS) is 16.6. The van der Waals surface area contributed by atoms with E-state index in [9.17, 15) is 19.5 Å². The van der Waals surface area contributed by atoms with Crippen molar-refractivity contribution in [2.45, 2.75) is 13.0 Å². The van der Waals surface area contributed by atoms with Crippen LogP contribution >= 0.6 is 0 Å². The van der Waals surface area contributed by atoms with Gasteiger partial charge in [-0.15, -0.1) is 0 Å². The molecule has 146 valence electrons. The monoisotopic (exact) mass is 385 g/mol. The molecule has 0 fully saturated rings. The number of rotatable bonds is 7. The number of ether oxygens (including phenoxy) is 2. The molecule has 1 aliphatic heterocycles. The second-order valence-corrected chi connectivity index (χ2v) is 6.13. The zero-order chi connectivity index (χ0) is 20.3. The van der Waals surface area contributed by atoms with Gasteiger partial charge in [0.2, 0.25) is 5.78 Å². The maximum absolute atomic E-state index is 12.9. The highest BCUT2D eigenvalue weighted by molar-refractivity contribution is 6.15. The van der Waals surface area contributed by atoms with Gasteiger partial charge in [-0.2, -0.15) is 0 Å². The molecule has 1 atom stereocenters. The average molecular weight is 385 g/mol. The van der Waals surface area contributed by atoms with Crippen molar-refractivity contribution in [2.75, 3.05) is 20.3 Å². The van der Waals surface area contributed by atoms with Crippen molar-refractivity contribution in [3.63, 3.8) is 0 Å². The average Bonchev–Trinajstić information content (AvgIpc) is 3.28. The van der Waals surface area contributed by atoms with Crippen LogP contribution in [0.4, 0.5) is 0 Å². The molecule has 0 spiro atoms. The minimum absolute atomic E-state index is 0.00378. The highest BCUT2D eigenvalue weighted by Gasteiger charge is 2.44. The molecule has 1 amide bonds. The Morgan fingerprint density at radius 2 is 2.04 bits per heavy atom. The zero-order valence-electron chi connectivity index (χ0n) is 15.4. The molecule has 1 unspecified atom stereocenters. The number of hydrogen-bond acceptors (Lipinski definition) is 7. The van der Waals surface area contributed by atoms with E-state index in [1.165, 1.54) is 31.3 Å². The number of furan rings is 1. The van der Waals surface area contributed by atoms with Gasteiger partial charge in [0, 0.05) is 20.6 Å². The van der Waals surface area contributed by atoms with Crippen molar-refractivity contribution in [1.82, 2.24) is 4.90 Å². The quantitative estimate of drug-likeness (QED) is 0.443. The summed E-state index contributed by atoms with van der Waals surface area (Å²) >= 11 is 0. The fourth-order valence-electron chi connectivity index (χ4n) is 3.11. The van der Waals surface area contributed by atoms with E-state index in [0.717, 1.165) is 0 Å². The van der Waals surface area contributed by atoms with Crippen LogP contribution in [0.2, 0.25) is 0 Å². The number of hydrogen-bond donors (Lipinski definition) is 1. The van der Waals surface area contributed by atoms with Gasteiger partial charge in [0.05, 0.1) is 24.5 Å². The van der Waals surface area contributed by atoms with Crippen molar-refractivity contribution in [3.05, 3.63) is 65.3 Å². The van der Waals surface area contributed by atoms with E-state index >= 15 is 0 Å². The molecule has 28 heavy (non-hydrogen) atoms. The van der Waals surface area contributed by atoms with E-state index in [0.29, 0.717) is 5.56 Å². The lowest BCUT2D eigenvalue weighted by Gasteiger charge is -2.26. The number of esters is 1. The van der Waals surface area contributed by atoms with Gasteiger partial charge in [-0.25, -0.2) is 0 Å². The topological polar surface area (TPSA) is 106 Å². The summed E-state index contributed by atoms with van der Waals surface area (Å²) < 4.78 is 15.3. The number of carbonyl (C=O) groups is 3. The van der Waals surface area contributed by atoms with Gasteiger partial charge < -0.3 is 23.9 Å². The Morgan fingerprint density at radius 3 is 2.68 bits per heavy atom. The van der Waals surface area contributed by atoms with Crippen molar-refractivity contribution in [2.24, 2.45) is 0 Å². The number of nitrogens with zero attached hydrogens (tertiary/aromatic N) is 1. The molecule has 0 saturated heterocycles. The number of Topliss-reactive ketones (excluding diaryl/α,β-unsaturated/α-hetero) is 1. The second kappa shape index (κ2) is 8.10. The third-order valence-electron chi connectivity index (χ3n) is 4.26. The maximum Gasteiger partial charge on any atom is 0.308 e. The van der Waals surface area contributed by atoms with Gasteiger partial charge >= 0.3 is 5.97 Å². The van der Waals surface area contributed by atoms with E-state index < -0.39 is 29.5 Å². The van der Waals surface area contributed by atoms with Gasteiger partial charge in [-0.05, 0) is 29.8 Å². The summed E-state index contributed by atoms with van der Waals surface area (Å²) in [6.45, 7) is 1.63. The number of methoxy groups -OCH3 is 1. The highest BCUT2D eigenvalue weighted by Crippen LogP contribution is 2.39. The predicted octanol–water partition coefficient (Wildman–Crippen LogP) is 2.43. The zero-order valence-corrected chi connectivity index (χ0v) is 15.4. The Hall–Kier alpha value is -3.39. The van der Waals surface area contributed by atoms with E-state index in [1.54, 1.807) is 30.3 Å². The molecule has 8 nitrogen and oxygen atoms in total. The largest absolute Gasteiger partial charge is 0.503 e. The van der Waals surface area contributed by atoms with Gasteiger partial charge in [0.25, 0.3) is 5.91 Å². The van der Waals surface area contributed by atoms with Gasteiger partial charge in [-0.3, -0.25) is 14.4 Å². The van der Waals surface area contributed by atoms with Crippen LogP contribution in [0.1, 0.15) is 29.1 Å². The van der Waals surface area contributed by atoms with Gasteiger partial charge in [-0.1, -0.05) is 12.1 Å². The summed E-state index contributed by atoms with van der Waals surface area (Å²) in [5.74, 6) is -2.15. The van der Waals surface area contributed by atoms with Crippen LogP contribution in [0.15, 0.2) is 58.4 Å². The van der Waals surface area contributed by atoms with Crippen molar-refractivity contribution in [1.29, 1.82) is 0 Å². The molecule has 0 aliphatic carbocycles. The van der Waals surface area contributed by atoms with Crippen molar-refractivity contribution < 1.29 is 33.4 Å². The Balaban J connectivity index is 2.07. The number of carbonyl (C=O) groups excluding carboxylic acids is 3. The van der Waals surface area contributed by atoms with Gasteiger partial charge in [0.1, 0.15) is 5.75 Å². The van der Waals surface area contributed by atoms with Crippen molar-refractivity contribution in [3.8, 4) is 5.75 Å². The number of aliphatic hydroxyl groups excluding tert-OH is 1. The fraction of sp³-hybridized carbons (Fsp3) is 0.250. The molecular weight excluding hydrogens is 366 g/mol. The van der Waals surface area contributed by atoms with Crippen LogP contribution in [-0.2, 0) is 14.3 Å². The second-order valence-electron chi connectivity index (χ2n) is 6.13. The minimum Gasteiger partial charge on any atom is -0.503 e. The van der Waals surface area contributed by atoms with Crippen LogP contribution in [0, 0.1) is 0 Å². The number of benzene rings is 1. The maximum atomic E-state index is 12.9. The summed E-state index contributed by atoms with van der Waals surface area (Å²) in [4.78, 5) is 38.2. The number of aliphatic hydroxyl groups is 1. The van der Waals surface area contributed by atoms with E-state index in [-0.39, 0.29) is 30.2 Å². The molecule has 8 heteroatoms. The summed E-state index contributed by atoms with van der Waals surface area (Å²) in [7, 11) is 1.49. The molecule has 0 radical (unpaired) electrons. The number of ketones is 1. The first-order valence-corrected chi connectivity index (χ1v) is 8.53. The summed E-state index contributed by atoms with van der Waals surface area (Å²) in [6, 6.07) is 8.57. The predicted molar refractivity (Wildman–Crippen MR) is 96.8 cm³/mol. The standard InChI is InChI=1S/C20H19NO7/c1-12(22)28-14-6-3-5-13(11-14)17-16(18(23)15-7-4-9-27-15)19(24)20(25)21(17)8-10-26-2/h3-7,9,11,17,24H,8,10H2,1-2H3. The lowest BCUT2D eigenvalue weighted by molar-refractivity contribution is -0.132. The molecule has 2 heterocycles. The highest BCUT2D eigenvalue weighted by atomic mass is 16.5. The molecule has 1 aliphatic rings. The minimum atomic E-state index is -0.879. The molecule has 1 aromatic heterocycles. The first-order chi connectivity index (χ1) is 13.4. The molecule has 0 saturated carbocycles. The first kappa shape index (κ1) is 19.4. The smallest absolute Gasteiger partial charge is 0.308 e. The molecule has 3 rings (SSSR count). The summed E-state index contributed by atoms with van der Waals surface area (Å²) in [5, 5.41) is 10.4. The Labute approximate surface area is 161 Å². The Morgan fingerprint density at radius 1 is 1.25 bits per heavy atom. The van der Waals surface area contributed by atoms with Crippen LogP contribution in [-0.4, -0.2) is 47.9 Å². The third-order valence-corrected chi connectivity index (χ3v) is 4.26. The SMILES string of the molecule is COCCN1C(=O)C(O)=C(C(=O)c2ccco2)C1c1cccc(OC(C)=O)c1. The first-order valence-electron chi connectivity index (χ1n) is 8.53. The molecule has 1 aromatic carbocycles. The van der Waals surface area contributed by atoms with E-state index in [4.69, 9.17) is 13.9 Å². The lowest BCUT2D eigenvalue weighted by Crippen LogP contribution is -2.34. The molecule has 0 bridgehead atoms. The molecule has 2 aromatic rings. The lowest BCUT2D eigenvalue weighted by atomic mass is 9.95. The van der Waals surface area contributed by atoms with Crippen LogP contribution in [0.5, 0.6) is 5.75 Å². The number of amides is 1. The molecular formula is C20H19NO7. The fourth-order valence-corrected chi connectivity index (χ4v) is 3.11. The van der Waals surface area contributed by atoms with E-state index in [2.05, 4.69) is 0 Å². The van der Waals surface area contributed by atoms with E-state index in [1.807, 2.05) is 0 Å². The van der Waals surface area contributed by atoms with Gasteiger partial charge in [0.15, 0.2) is 11.5 Å². The van der Waals surface area contributed by atoms with Crippen LogP contribution in [0.3, 0.4) is 0 Å².